The number of rotatable bonds is 2. The van der Waals surface area contributed by atoms with Gasteiger partial charge in [-0.05, 0) is 30.6 Å². The molecule has 5 heteroatoms. The van der Waals surface area contributed by atoms with Gasteiger partial charge in [-0.15, -0.1) is 0 Å². The van der Waals surface area contributed by atoms with E-state index in [0.29, 0.717) is 11.7 Å². The third kappa shape index (κ3) is 2.06. The zero-order valence-corrected chi connectivity index (χ0v) is 11.3. The number of aromatic nitrogens is 1. The maximum absolute atomic E-state index is 12.0. The number of amides is 1. The molecule has 96 valence electrons. The molecule has 0 radical (unpaired) electrons. The number of hydrogen-bond acceptors (Lipinski definition) is 3. The van der Waals surface area contributed by atoms with Crippen LogP contribution >= 0.6 is 12.2 Å². The van der Waals surface area contributed by atoms with Crippen LogP contribution in [0.4, 0.5) is 0 Å². The van der Waals surface area contributed by atoms with Gasteiger partial charge in [-0.25, -0.2) is 0 Å². The van der Waals surface area contributed by atoms with Crippen LogP contribution in [-0.4, -0.2) is 26.9 Å². The highest BCUT2D eigenvalue weighted by atomic mass is 32.1. The monoisotopic (exact) mass is 271 g/mol. The van der Waals surface area contributed by atoms with Crippen LogP contribution in [0.15, 0.2) is 36.5 Å². The largest absolute Gasteiger partial charge is 0.351 e. The first-order chi connectivity index (χ1) is 9.16. The molecule has 3 rings (SSSR count). The fourth-order valence-electron chi connectivity index (χ4n) is 2.27. The molecule has 1 aromatic heterocycles. The molecule has 1 saturated heterocycles. The van der Waals surface area contributed by atoms with Crippen molar-refractivity contribution in [2.75, 3.05) is 0 Å². The fraction of sp³-hybridized carbons (Fsp3) is 0.214. The van der Waals surface area contributed by atoms with Gasteiger partial charge in [0.2, 0.25) is 0 Å². The number of nitrogens with zero attached hydrogens (tertiary/aromatic N) is 2. The number of thiocarbonyl (C=S) groups is 1. The number of carbonyl (C=O) groups excluding carboxylic acids is 1. The van der Waals surface area contributed by atoms with Crippen LogP contribution in [0, 0.1) is 0 Å². The van der Waals surface area contributed by atoms with Gasteiger partial charge in [-0.2, -0.15) is 0 Å². The zero-order chi connectivity index (χ0) is 13.4. The van der Waals surface area contributed by atoms with Gasteiger partial charge in [0.1, 0.15) is 6.04 Å². The number of fused-ring (bicyclic) bond motifs is 1. The second-order valence-corrected chi connectivity index (χ2v) is 4.96. The van der Waals surface area contributed by atoms with Crippen LogP contribution in [0.25, 0.3) is 10.8 Å². The van der Waals surface area contributed by atoms with Gasteiger partial charge in [-0.1, -0.05) is 24.3 Å². The summed E-state index contributed by atoms with van der Waals surface area (Å²) in [5.74, 6) is -0.000246. The van der Waals surface area contributed by atoms with Crippen LogP contribution < -0.4 is 5.32 Å². The lowest BCUT2D eigenvalue weighted by molar-refractivity contribution is -0.127. The highest BCUT2D eigenvalue weighted by Crippen LogP contribution is 2.19. The highest BCUT2D eigenvalue weighted by molar-refractivity contribution is 7.80. The van der Waals surface area contributed by atoms with Crippen LogP contribution in [0.1, 0.15) is 12.6 Å². The Bertz CT molecular complexity index is 665. The fourth-order valence-corrected chi connectivity index (χ4v) is 2.60. The topological polar surface area (TPSA) is 45.2 Å². The van der Waals surface area contributed by atoms with Crippen LogP contribution in [0.5, 0.6) is 0 Å². The van der Waals surface area contributed by atoms with Gasteiger partial charge in [0, 0.05) is 11.6 Å². The summed E-state index contributed by atoms with van der Waals surface area (Å²) in [5.41, 5.74) is 0.865. The van der Waals surface area contributed by atoms with Gasteiger partial charge >= 0.3 is 0 Å². The number of benzene rings is 1. The highest BCUT2D eigenvalue weighted by Gasteiger charge is 2.32. The molecule has 1 N–H and O–H groups in total. The van der Waals surface area contributed by atoms with E-state index in [9.17, 15) is 4.79 Å². The molecule has 0 aliphatic carbocycles. The Kier molecular flexibility index (Phi) is 2.91. The lowest BCUT2D eigenvalue weighted by atomic mass is 10.1. The van der Waals surface area contributed by atoms with Crippen molar-refractivity contribution in [3.05, 3.63) is 42.2 Å². The van der Waals surface area contributed by atoms with Gasteiger partial charge in [0.15, 0.2) is 5.11 Å². The van der Waals surface area contributed by atoms with Crippen molar-refractivity contribution in [3.8, 4) is 0 Å². The third-order valence-electron chi connectivity index (χ3n) is 3.29. The summed E-state index contributed by atoms with van der Waals surface area (Å²) >= 11 is 5.18. The summed E-state index contributed by atoms with van der Waals surface area (Å²) < 4.78 is 0. The van der Waals surface area contributed by atoms with E-state index in [-0.39, 0.29) is 11.9 Å². The van der Waals surface area contributed by atoms with Gasteiger partial charge in [0.25, 0.3) is 5.91 Å². The van der Waals surface area contributed by atoms with Crippen molar-refractivity contribution >= 4 is 34.0 Å². The SMILES string of the molecule is CC1NC(=S)N(Cc2nccc3ccccc23)C1=O. The summed E-state index contributed by atoms with van der Waals surface area (Å²) in [5, 5.41) is 5.62. The zero-order valence-electron chi connectivity index (χ0n) is 10.5. The summed E-state index contributed by atoms with van der Waals surface area (Å²) in [7, 11) is 0. The first-order valence-corrected chi connectivity index (χ1v) is 6.52. The molecule has 1 aliphatic rings. The number of carbonyl (C=O) groups is 1. The minimum atomic E-state index is -0.248. The maximum atomic E-state index is 12.0. The summed E-state index contributed by atoms with van der Waals surface area (Å²) in [6.07, 6.45) is 1.76. The normalized spacial score (nSPS) is 19.0. The summed E-state index contributed by atoms with van der Waals surface area (Å²) in [6.45, 7) is 2.22. The molecule has 0 spiro atoms. The molecule has 0 bridgehead atoms. The van der Waals surface area contributed by atoms with Crippen molar-refractivity contribution in [2.24, 2.45) is 0 Å². The third-order valence-corrected chi connectivity index (χ3v) is 3.62. The van der Waals surface area contributed by atoms with Gasteiger partial charge in [0.05, 0.1) is 12.2 Å². The number of nitrogens with one attached hydrogen (secondary N) is 1. The molecule has 1 amide bonds. The van der Waals surface area contributed by atoms with Gasteiger partial charge < -0.3 is 5.32 Å². The molecule has 2 aromatic rings. The molecule has 0 saturated carbocycles. The predicted molar refractivity (Wildman–Crippen MR) is 77.5 cm³/mol. The lowest BCUT2D eigenvalue weighted by Gasteiger charge is -2.15. The van der Waals surface area contributed by atoms with Crippen molar-refractivity contribution in [2.45, 2.75) is 19.5 Å². The minimum Gasteiger partial charge on any atom is -0.351 e. The summed E-state index contributed by atoms with van der Waals surface area (Å²) in [6, 6.07) is 9.72. The maximum Gasteiger partial charge on any atom is 0.251 e. The molecular weight excluding hydrogens is 258 g/mol. The van der Waals surface area contributed by atoms with E-state index < -0.39 is 0 Å². The summed E-state index contributed by atoms with van der Waals surface area (Å²) in [4.78, 5) is 18.0. The van der Waals surface area contributed by atoms with E-state index >= 15 is 0 Å². The Morgan fingerprint density at radius 1 is 1.37 bits per heavy atom. The number of hydrogen-bond donors (Lipinski definition) is 1. The molecule has 1 unspecified atom stereocenters. The molecular formula is C14H13N3OS. The Labute approximate surface area is 116 Å². The van der Waals surface area contributed by atoms with Crippen molar-refractivity contribution in [1.82, 2.24) is 15.2 Å². The van der Waals surface area contributed by atoms with E-state index in [1.807, 2.05) is 37.3 Å². The lowest BCUT2D eigenvalue weighted by Crippen LogP contribution is -2.30. The first kappa shape index (κ1) is 12.0. The molecule has 19 heavy (non-hydrogen) atoms. The predicted octanol–water partition coefficient (Wildman–Crippen LogP) is 1.84. The van der Waals surface area contributed by atoms with Gasteiger partial charge in [-0.3, -0.25) is 14.7 Å². The Morgan fingerprint density at radius 2 is 2.16 bits per heavy atom. The van der Waals surface area contributed by atoms with E-state index in [2.05, 4.69) is 10.3 Å². The van der Waals surface area contributed by atoms with Crippen molar-refractivity contribution in [1.29, 1.82) is 0 Å². The average molecular weight is 271 g/mol. The van der Waals surface area contributed by atoms with E-state index in [1.165, 1.54) is 0 Å². The molecule has 1 atom stereocenters. The quantitative estimate of drug-likeness (QED) is 0.847. The number of pyridine rings is 1. The second kappa shape index (κ2) is 4.59. The van der Waals surface area contributed by atoms with E-state index in [4.69, 9.17) is 12.2 Å². The Hall–Kier alpha value is -2.01. The minimum absolute atomic E-state index is 0.000246. The van der Waals surface area contributed by atoms with Crippen LogP contribution in [0.3, 0.4) is 0 Å². The van der Waals surface area contributed by atoms with E-state index in [1.54, 1.807) is 11.1 Å². The van der Waals surface area contributed by atoms with Crippen molar-refractivity contribution in [3.63, 3.8) is 0 Å². The molecule has 4 nitrogen and oxygen atoms in total. The average Bonchev–Trinajstić information content (AvgIpc) is 2.66. The van der Waals surface area contributed by atoms with Crippen molar-refractivity contribution < 1.29 is 4.79 Å². The Morgan fingerprint density at radius 3 is 2.89 bits per heavy atom. The van der Waals surface area contributed by atoms with Crippen LogP contribution in [0.2, 0.25) is 0 Å². The molecule has 1 aromatic carbocycles. The smallest absolute Gasteiger partial charge is 0.251 e. The first-order valence-electron chi connectivity index (χ1n) is 6.11. The molecule has 2 heterocycles. The standard InChI is InChI=1S/C14H13N3OS/c1-9-13(18)17(14(19)16-9)8-12-11-5-3-2-4-10(11)6-7-15-12/h2-7,9H,8H2,1H3,(H,16,19). The van der Waals surface area contributed by atoms with E-state index in [0.717, 1.165) is 16.5 Å². The van der Waals surface area contributed by atoms with Crippen LogP contribution in [-0.2, 0) is 11.3 Å². The molecule has 1 aliphatic heterocycles. The Balaban J connectivity index is 1.98. The second-order valence-electron chi connectivity index (χ2n) is 4.57. The molecule has 1 fully saturated rings.